The van der Waals surface area contributed by atoms with E-state index in [4.69, 9.17) is 0 Å². The van der Waals surface area contributed by atoms with E-state index < -0.39 is 0 Å². The second-order valence-electron chi connectivity index (χ2n) is 4.88. The topological polar surface area (TPSA) is 32.3 Å². The summed E-state index contributed by atoms with van der Waals surface area (Å²) >= 11 is 0. The molecule has 3 nitrogen and oxygen atoms in total. The van der Waals surface area contributed by atoms with Gasteiger partial charge in [0.2, 0.25) is 5.91 Å². The Balaban J connectivity index is 0.00000120. The van der Waals surface area contributed by atoms with Crippen molar-refractivity contribution in [2.24, 2.45) is 0 Å². The minimum atomic E-state index is 0. The summed E-state index contributed by atoms with van der Waals surface area (Å²) in [5.41, 5.74) is 2.59. The van der Waals surface area contributed by atoms with Gasteiger partial charge in [-0.2, -0.15) is 0 Å². The van der Waals surface area contributed by atoms with Crippen molar-refractivity contribution in [1.29, 1.82) is 0 Å². The molecule has 1 unspecified atom stereocenters. The number of benzene rings is 1. The normalized spacial score (nSPS) is 22.2. The molecule has 1 fully saturated rings. The highest BCUT2D eigenvalue weighted by molar-refractivity contribution is 5.87. The summed E-state index contributed by atoms with van der Waals surface area (Å²) < 4.78 is 0. The van der Waals surface area contributed by atoms with Crippen molar-refractivity contribution in [2.75, 3.05) is 26.2 Å². The number of nitrogens with zero attached hydrogens (tertiary/aromatic N) is 1. The Labute approximate surface area is 114 Å². The van der Waals surface area contributed by atoms with Crippen LogP contribution in [0.15, 0.2) is 24.3 Å². The molecule has 0 bridgehead atoms. The molecule has 1 aromatic carbocycles. The van der Waals surface area contributed by atoms with E-state index in [0.29, 0.717) is 5.91 Å². The molecule has 0 aromatic heterocycles. The summed E-state index contributed by atoms with van der Waals surface area (Å²) in [6.45, 7) is 3.73. The fourth-order valence-electron chi connectivity index (χ4n) is 2.77. The molecule has 1 heterocycles. The van der Waals surface area contributed by atoms with Crippen LogP contribution < -0.4 is 5.32 Å². The zero-order valence-electron chi connectivity index (χ0n) is 10.4. The van der Waals surface area contributed by atoms with Crippen LogP contribution in [0.1, 0.15) is 23.5 Å². The van der Waals surface area contributed by atoms with E-state index in [9.17, 15) is 4.79 Å². The monoisotopic (exact) mass is 266 g/mol. The van der Waals surface area contributed by atoms with Crippen LogP contribution in [0.2, 0.25) is 0 Å². The average molecular weight is 267 g/mol. The molecule has 1 atom stereocenters. The Morgan fingerprint density at radius 3 is 2.89 bits per heavy atom. The van der Waals surface area contributed by atoms with Crippen LogP contribution in [0.25, 0.3) is 0 Å². The fraction of sp³-hybridized carbons (Fsp3) is 0.500. The molecule has 1 aromatic rings. The van der Waals surface area contributed by atoms with Gasteiger partial charge in [0.1, 0.15) is 0 Å². The van der Waals surface area contributed by atoms with Crippen LogP contribution in [0.4, 0.5) is 0 Å². The first-order valence-corrected chi connectivity index (χ1v) is 6.43. The van der Waals surface area contributed by atoms with E-state index in [2.05, 4.69) is 23.5 Å². The van der Waals surface area contributed by atoms with E-state index in [0.717, 1.165) is 39.0 Å². The van der Waals surface area contributed by atoms with Gasteiger partial charge in [0.05, 0.1) is 5.92 Å². The summed E-state index contributed by atoms with van der Waals surface area (Å²) in [5, 5.41) is 3.33. The van der Waals surface area contributed by atoms with Crippen molar-refractivity contribution in [3.63, 3.8) is 0 Å². The molecule has 1 aliphatic heterocycles. The van der Waals surface area contributed by atoms with E-state index in [1.807, 2.05) is 11.0 Å². The lowest BCUT2D eigenvalue weighted by Gasteiger charge is -2.33. The SMILES string of the molecule is Cl.O=C(C1Cc2ccccc21)N1CCCNCC1. The van der Waals surface area contributed by atoms with Gasteiger partial charge in [0.25, 0.3) is 0 Å². The van der Waals surface area contributed by atoms with Gasteiger partial charge >= 0.3 is 0 Å². The van der Waals surface area contributed by atoms with E-state index >= 15 is 0 Å². The fourth-order valence-corrected chi connectivity index (χ4v) is 2.77. The predicted octanol–water partition coefficient (Wildman–Crippen LogP) is 1.57. The zero-order valence-corrected chi connectivity index (χ0v) is 11.2. The van der Waals surface area contributed by atoms with E-state index in [1.54, 1.807) is 0 Å². The first-order valence-electron chi connectivity index (χ1n) is 6.43. The van der Waals surface area contributed by atoms with Gasteiger partial charge in [-0.05, 0) is 30.5 Å². The van der Waals surface area contributed by atoms with Gasteiger partial charge < -0.3 is 10.2 Å². The molecule has 1 N–H and O–H groups in total. The lowest BCUT2D eigenvalue weighted by molar-refractivity contribution is -0.133. The van der Waals surface area contributed by atoms with Crippen LogP contribution in [0.3, 0.4) is 0 Å². The molecule has 1 amide bonds. The first kappa shape index (κ1) is 13.4. The molecule has 0 radical (unpaired) electrons. The molecule has 2 aliphatic rings. The molecule has 1 aliphatic carbocycles. The van der Waals surface area contributed by atoms with Crippen LogP contribution in [0, 0.1) is 0 Å². The van der Waals surface area contributed by atoms with Crippen molar-refractivity contribution in [3.05, 3.63) is 35.4 Å². The van der Waals surface area contributed by atoms with E-state index in [1.165, 1.54) is 11.1 Å². The molecule has 18 heavy (non-hydrogen) atoms. The van der Waals surface area contributed by atoms with Crippen molar-refractivity contribution >= 4 is 18.3 Å². The number of amides is 1. The zero-order chi connectivity index (χ0) is 11.7. The Bertz CT molecular complexity index is 428. The Morgan fingerprint density at radius 2 is 2.06 bits per heavy atom. The summed E-state index contributed by atoms with van der Waals surface area (Å²) in [7, 11) is 0. The molecular weight excluding hydrogens is 248 g/mol. The van der Waals surface area contributed by atoms with Gasteiger partial charge in [0, 0.05) is 19.6 Å². The highest BCUT2D eigenvalue weighted by Gasteiger charge is 2.34. The molecule has 0 spiro atoms. The Hall–Kier alpha value is -1.06. The lowest BCUT2D eigenvalue weighted by atomic mass is 9.77. The highest BCUT2D eigenvalue weighted by Crippen LogP contribution is 2.36. The number of fused-ring (bicyclic) bond motifs is 1. The number of hydrogen-bond acceptors (Lipinski definition) is 2. The first-order chi connectivity index (χ1) is 8.36. The smallest absolute Gasteiger partial charge is 0.230 e. The molecule has 3 rings (SSSR count). The summed E-state index contributed by atoms with van der Waals surface area (Å²) in [5.74, 6) is 0.455. The van der Waals surface area contributed by atoms with Crippen LogP contribution in [-0.4, -0.2) is 37.0 Å². The van der Waals surface area contributed by atoms with Gasteiger partial charge in [-0.15, -0.1) is 12.4 Å². The molecule has 98 valence electrons. The molecule has 0 saturated carbocycles. The minimum absolute atomic E-state index is 0. The number of nitrogens with one attached hydrogen (secondary N) is 1. The lowest BCUT2D eigenvalue weighted by Crippen LogP contribution is -2.41. The number of halogens is 1. The Kier molecular flexibility index (Phi) is 4.25. The highest BCUT2D eigenvalue weighted by atomic mass is 35.5. The van der Waals surface area contributed by atoms with Crippen molar-refractivity contribution in [1.82, 2.24) is 10.2 Å². The Morgan fingerprint density at radius 1 is 1.22 bits per heavy atom. The van der Waals surface area contributed by atoms with Crippen molar-refractivity contribution in [3.8, 4) is 0 Å². The third-order valence-corrected chi connectivity index (χ3v) is 3.80. The maximum atomic E-state index is 12.4. The molecule has 4 heteroatoms. The molecular formula is C14H19ClN2O. The molecule has 1 saturated heterocycles. The number of rotatable bonds is 1. The third-order valence-electron chi connectivity index (χ3n) is 3.80. The largest absolute Gasteiger partial charge is 0.341 e. The maximum Gasteiger partial charge on any atom is 0.230 e. The summed E-state index contributed by atoms with van der Waals surface area (Å²) in [6.07, 6.45) is 2.00. The van der Waals surface area contributed by atoms with Crippen LogP contribution in [0.5, 0.6) is 0 Å². The van der Waals surface area contributed by atoms with Crippen LogP contribution in [-0.2, 0) is 11.2 Å². The second kappa shape index (κ2) is 5.72. The second-order valence-corrected chi connectivity index (χ2v) is 4.88. The van der Waals surface area contributed by atoms with Gasteiger partial charge in [0.15, 0.2) is 0 Å². The number of carbonyl (C=O) groups excluding carboxylic acids is 1. The van der Waals surface area contributed by atoms with Gasteiger partial charge in [-0.3, -0.25) is 4.79 Å². The minimum Gasteiger partial charge on any atom is -0.341 e. The van der Waals surface area contributed by atoms with Gasteiger partial charge in [-0.25, -0.2) is 0 Å². The van der Waals surface area contributed by atoms with Crippen LogP contribution >= 0.6 is 12.4 Å². The average Bonchev–Trinajstić information content (AvgIpc) is 2.59. The van der Waals surface area contributed by atoms with Crippen molar-refractivity contribution < 1.29 is 4.79 Å². The summed E-state index contributed by atoms with van der Waals surface area (Å²) in [4.78, 5) is 14.4. The number of carbonyl (C=O) groups is 1. The van der Waals surface area contributed by atoms with Crippen molar-refractivity contribution in [2.45, 2.75) is 18.8 Å². The maximum absolute atomic E-state index is 12.4. The van der Waals surface area contributed by atoms with Gasteiger partial charge in [-0.1, -0.05) is 24.3 Å². The predicted molar refractivity (Wildman–Crippen MR) is 74.2 cm³/mol. The number of hydrogen-bond donors (Lipinski definition) is 1. The standard InChI is InChI=1S/C14H18N2O.ClH/c17-14(16-8-3-6-15-7-9-16)13-10-11-4-1-2-5-12(11)13;/h1-2,4-5,13,15H,3,6-10H2;1H. The van der Waals surface area contributed by atoms with E-state index in [-0.39, 0.29) is 18.3 Å². The third kappa shape index (κ3) is 2.38. The quantitative estimate of drug-likeness (QED) is 0.837. The summed E-state index contributed by atoms with van der Waals surface area (Å²) in [6, 6.07) is 8.30.